The number of hydrogen-bond acceptors (Lipinski definition) is 3. The fourth-order valence-corrected chi connectivity index (χ4v) is 2.16. The van der Waals surface area contributed by atoms with E-state index in [1.807, 2.05) is 25.3 Å². The first-order chi connectivity index (χ1) is 7.19. The van der Waals surface area contributed by atoms with Crippen LogP contribution in [0.3, 0.4) is 0 Å². The molecule has 0 saturated carbocycles. The topological polar surface area (TPSA) is 49.3 Å². The molecule has 4 heteroatoms. The van der Waals surface area contributed by atoms with Crippen molar-refractivity contribution in [2.75, 3.05) is 6.54 Å². The van der Waals surface area contributed by atoms with Gasteiger partial charge >= 0.3 is 0 Å². The zero-order valence-electron chi connectivity index (χ0n) is 9.12. The van der Waals surface area contributed by atoms with Gasteiger partial charge in [-0.05, 0) is 29.9 Å². The molecule has 3 nitrogen and oxygen atoms in total. The lowest BCUT2D eigenvalue weighted by Crippen LogP contribution is -2.31. The number of aliphatic hydroxyl groups excluding tert-OH is 1. The molecule has 0 saturated heterocycles. The fraction of sp³-hybridized carbons (Fsp3) is 0.545. The van der Waals surface area contributed by atoms with Crippen LogP contribution in [0.4, 0.5) is 0 Å². The Kier molecular flexibility index (Phi) is 4.78. The molecule has 0 aliphatic heterocycles. The van der Waals surface area contributed by atoms with Gasteiger partial charge in [-0.25, -0.2) is 0 Å². The summed E-state index contributed by atoms with van der Waals surface area (Å²) in [5, 5.41) is 14.0. The van der Waals surface area contributed by atoms with Gasteiger partial charge in [-0.1, -0.05) is 13.8 Å². The molecule has 0 aliphatic carbocycles. The van der Waals surface area contributed by atoms with Crippen molar-refractivity contribution in [1.29, 1.82) is 0 Å². The number of rotatable bonds is 5. The molecule has 1 unspecified atom stereocenters. The summed E-state index contributed by atoms with van der Waals surface area (Å²) < 4.78 is 0. The van der Waals surface area contributed by atoms with E-state index in [9.17, 15) is 9.90 Å². The highest BCUT2D eigenvalue weighted by atomic mass is 32.1. The summed E-state index contributed by atoms with van der Waals surface area (Å²) in [6.07, 6.45) is 1.08. The van der Waals surface area contributed by atoms with Crippen LogP contribution in [0.2, 0.25) is 0 Å². The summed E-state index contributed by atoms with van der Waals surface area (Å²) in [5.74, 6) is -0.0747. The van der Waals surface area contributed by atoms with Crippen molar-refractivity contribution in [3.05, 3.63) is 21.9 Å². The number of thiophene rings is 1. The van der Waals surface area contributed by atoms with Crippen molar-refractivity contribution >= 4 is 17.2 Å². The van der Waals surface area contributed by atoms with Crippen molar-refractivity contribution in [2.45, 2.75) is 32.8 Å². The standard InChI is InChI=1S/C11H17NO2S/c1-3-8-5-6-15-10(8)11(14)12-7-9(13)4-2/h5-6,9,13H,3-4,7H2,1-2H3,(H,12,14). The van der Waals surface area contributed by atoms with Gasteiger partial charge in [0.1, 0.15) is 0 Å². The number of aliphatic hydroxyl groups is 1. The summed E-state index contributed by atoms with van der Waals surface area (Å²) in [5.41, 5.74) is 1.07. The van der Waals surface area contributed by atoms with Crippen molar-refractivity contribution in [2.24, 2.45) is 0 Å². The van der Waals surface area contributed by atoms with Crippen LogP contribution >= 0.6 is 11.3 Å². The Bertz CT molecular complexity index is 322. The molecule has 0 aliphatic rings. The van der Waals surface area contributed by atoms with E-state index in [0.717, 1.165) is 16.9 Å². The first-order valence-corrected chi connectivity index (χ1v) is 6.09. The Hall–Kier alpha value is -0.870. The zero-order valence-corrected chi connectivity index (χ0v) is 9.93. The second-order valence-electron chi connectivity index (χ2n) is 3.40. The molecule has 2 N–H and O–H groups in total. The fourth-order valence-electron chi connectivity index (χ4n) is 1.25. The average molecular weight is 227 g/mol. The third-order valence-corrected chi connectivity index (χ3v) is 3.26. The highest BCUT2D eigenvalue weighted by Gasteiger charge is 2.12. The SMILES string of the molecule is CCc1ccsc1C(=O)NCC(O)CC. The molecule has 15 heavy (non-hydrogen) atoms. The van der Waals surface area contributed by atoms with E-state index < -0.39 is 6.10 Å². The first-order valence-electron chi connectivity index (χ1n) is 5.21. The smallest absolute Gasteiger partial charge is 0.261 e. The van der Waals surface area contributed by atoms with Crippen LogP contribution in [0.15, 0.2) is 11.4 Å². The first kappa shape index (κ1) is 12.2. The molecule has 1 rings (SSSR count). The molecule has 0 aromatic carbocycles. The molecule has 1 aromatic rings. The summed E-state index contributed by atoms with van der Waals surface area (Å²) in [6.45, 7) is 4.25. The summed E-state index contributed by atoms with van der Waals surface area (Å²) in [6, 6.07) is 1.97. The van der Waals surface area contributed by atoms with Crippen LogP contribution in [-0.2, 0) is 6.42 Å². The lowest BCUT2D eigenvalue weighted by Gasteiger charge is -2.09. The number of carbonyl (C=O) groups is 1. The molecule has 0 bridgehead atoms. The monoisotopic (exact) mass is 227 g/mol. The van der Waals surface area contributed by atoms with Crippen LogP contribution in [0, 0.1) is 0 Å². The average Bonchev–Trinajstić information content (AvgIpc) is 2.73. The quantitative estimate of drug-likeness (QED) is 0.806. The number of carbonyl (C=O) groups excluding carboxylic acids is 1. The minimum Gasteiger partial charge on any atom is -0.391 e. The molecule has 1 atom stereocenters. The van der Waals surface area contributed by atoms with E-state index in [-0.39, 0.29) is 5.91 Å². The zero-order chi connectivity index (χ0) is 11.3. The molecule has 84 valence electrons. The molecule has 0 radical (unpaired) electrons. The van der Waals surface area contributed by atoms with E-state index >= 15 is 0 Å². The Labute approximate surface area is 94.1 Å². The van der Waals surface area contributed by atoms with E-state index in [1.165, 1.54) is 11.3 Å². The number of nitrogens with one attached hydrogen (secondary N) is 1. The van der Waals surface area contributed by atoms with Crippen LogP contribution in [0.5, 0.6) is 0 Å². The summed E-state index contributed by atoms with van der Waals surface area (Å²) in [7, 11) is 0. The Morgan fingerprint density at radius 2 is 2.33 bits per heavy atom. The van der Waals surface area contributed by atoms with Gasteiger partial charge in [0, 0.05) is 6.54 Å². The van der Waals surface area contributed by atoms with Crippen molar-refractivity contribution in [3.8, 4) is 0 Å². The van der Waals surface area contributed by atoms with Crippen LogP contribution in [-0.4, -0.2) is 23.7 Å². The van der Waals surface area contributed by atoms with Gasteiger partial charge in [0.25, 0.3) is 5.91 Å². The van der Waals surface area contributed by atoms with Crippen molar-refractivity contribution in [3.63, 3.8) is 0 Å². The highest BCUT2D eigenvalue weighted by molar-refractivity contribution is 7.12. The van der Waals surface area contributed by atoms with Gasteiger partial charge in [0.2, 0.25) is 0 Å². The van der Waals surface area contributed by atoms with E-state index in [0.29, 0.717) is 13.0 Å². The molecular weight excluding hydrogens is 210 g/mol. The van der Waals surface area contributed by atoms with Crippen molar-refractivity contribution in [1.82, 2.24) is 5.32 Å². The number of amides is 1. The van der Waals surface area contributed by atoms with Crippen LogP contribution < -0.4 is 5.32 Å². The minimum absolute atomic E-state index is 0.0747. The van der Waals surface area contributed by atoms with E-state index in [2.05, 4.69) is 5.32 Å². The largest absolute Gasteiger partial charge is 0.391 e. The van der Waals surface area contributed by atoms with Gasteiger partial charge < -0.3 is 10.4 Å². The maximum atomic E-state index is 11.7. The number of hydrogen-bond donors (Lipinski definition) is 2. The van der Waals surface area contributed by atoms with Crippen molar-refractivity contribution < 1.29 is 9.90 Å². The van der Waals surface area contributed by atoms with Gasteiger partial charge in [-0.2, -0.15) is 0 Å². The summed E-state index contributed by atoms with van der Waals surface area (Å²) >= 11 is 1.45. The molecule has 0 fully saturated rings. The van der Waals surface area contributed by atoms with Crippen LogP contribution in [0.1, 0.15) is 35.5 Å². The van der Waals surface area contributed by atoms with E-state index in [4.69, 9.17) is 0 Å². The Morgan fingerprint density at radius 3 is 2.93 bits per heavy atom. The molecule has 0 spiro atoms. The van der Waals surface area contributed by atoms with Gasteiger partial charge in [-0.15, -0.1) is 11.3 Å². The third-order valence-electron chi connectivity index (χ3n) is 2.30. The lowest BCUT2D eigenvalue weighted by molar-refractivity contribution is 0.0917. The second kappa shape index (κ2) is 5.88. The maximum absolute atomic E-state index is 11.7. The normalized spacial score (nSPS) is 12.5. The van der Waals surface area contributed by atoms with Crippen LogP contribution in [0.25, 0.3) is 0 Å². The summed E-state index contributed by atoms with van der Waals surface area (Å²) in [4.78, 5) is 12.5. The minimum atomic E-state index is -0.445. The lowest BCUT2D eigenvalue weighted by atomic mass is 10.2. The second-order valence-corrected chi connectivity index (χ2v) is 4.32. The van der Waals surface area contributed by atoms with Gasteiger partial charge in [0.05, 0.1) is 11.0 Å². The van der Waals surface area contributed by atoms with E-state index in [1.54, 1.807) is 0 Å². The molecule has 1 heterocycles. The Balaban J connectivity index is 2.54. The Morgan fingerprint density at radius 1 is 1.60 bits per heavy atom. The molecular formula is C11H17NO2S. The molecule has 1 amide bonds. The third kappa shape index (κ3) is 3.32. The highest BCUT2D eigenvalue weighted by Crippen LogP contribution is 2.16. The predicted molar refractivity (Wildman–Crippen MR) is 62.3 cm³/mol. The van der Waals surface area contributed by atoms with Gasteiger partial charge in [0.15, 0.2) is 0 Å². The van der Waals surface area contributed by atoms with Gasteiger partial charge in [-0.3, -0.25) is 4.79 Å². The predicted octanol–water partition coefficient (Wildman–Crippen LogP) is 1.81. The molecule has 1 aromatic heterocycles. The maximum Gasteiger partial charge on any atom is 0.261 e. The number of aryl methyl sites for hydroxylation is 1.